The average Bonchev–Trinajstić information content (AvgIpc) is 2.46. The van der Waals surface area contributed by atoms with Crippen molar-refractivity contribution in [1.29, 1.82) is 5.26 Å². The van der Waals surface area contributed by atoms with Crippen molar-refractivity contribution in [1.82, 2.24) is 0 Å². The Morgan fingerprint density at radius 3 is 2.27 bits per heavy atom. The van der Waals surface area contributed by atoms with Gasteiger partial charge >= 0.3 is 0 Å². The largest absolute Gasteiger partial charge is 0.288 e. The van der Waals surface area contributed by atoms with Crippen LogP contribution in [0.25, 0.3) is 0 Å². The molecule has 4 nitrogen and oxygen atoms in total. The van der Waals surface area contributed by atoms with Crippen molar-refractivity contribution < 1.29 is 4.92 Å². The maximum absolute atomic E-state index is 11.0. The number of hydrogen-bond acceptors (Lipinski definition) is 4. The average molecular weight is 312 g/mol. The molecule has 2 aromatic rings. The molecular formula is C17H16N2O2S. The molecule has 0 fully saturated rings. The van der Waals surface area contributed by atoms with Crippen molar-refractivity contribution in [2.45, 2.75) is 36.0 Å². The minimum Gasteiger partial charge on any atom is -0.258 e. The van der Waals surface area contributed by atoms with Crippen LogP contribution in [0.2, 0.25) is 0 Å². The van der Waals surface area contributed by atoms with E-state index in [0.29, 0.717) is 4.90 Å². The molecule has 22 heavy (non-hydrogen) atoms. The van der Waals surface area contributed by atoms with Gasteiger partial charge in [-0.25, -0.2) is 0 Å². The van der Waals surface area contributed by atoms with Crippen LogP contribution < -0.4 is 0 Å². The predicted octanol–water partition coefficient (Wildman–Crippen LogP) is 4.92. The van der Waals surface area contributed by atoms with Crippen molar-refractivity contribution in [2.75, 3.05) is 0 Å². The van der Waals surface area contributed by atoms with E-state index in [-0.39, 0.29) is 16.7 Å². The molecule has 2 aromatic carbocycles. The second-order valence-corrected chi connectivity index (χ2v) is 7.01. The number of hydrogen-bond donors (Lipinski definition) is 0. The summed E-state index contributed by atoms with van der Waals surface area (Å²) in [5.41, 5.74) is 1.25. The van der Waals surface area contributed by atoms with Crippen LogP contribution in [0.5, 0.6) is 0 Å². The Hall–Kier alpha value is -2.32. The Morgan fingerprint density at radius 2 is 1.77 bits per heavy atom. The normalized spacial score (nSPS) is 11.0. The number of rotatable bonds is 3. The fraction of sp³-hybridized carbons (Fsp3) is 0.235. The fourth-order valence-corrected chi connectivity index (χ4v) is 2.94. The Bertz CT molecular complexity index is 741. The zero-order valence-electron chi connectivity index (χ0n) is 12.7. The highest BCUT2D eigenvalue weighted by Crippen LogP contribution is 2.35. The van der Waals surface area contributed by atoms with Crippen LogP contribution in [-0.2, 0) is 5.41 Å². The summed E-state index contributed by atoms with van der Waals surface area (Å²) in [5, 5.41) is 20.2. The van der Waals surface area contributed by atoms with Gasteiger partial charge in [0.2, 0.25) is 0 Å². The van der Waals surface area contributed by atoms with E-state index >= 15 is 0 Å². The molecule has 0 heterocycles. The minimum absolute atomic E-state index is 0.0759. The third-order valence-electron chi connectivity index (χ3n) is 3.26. The number of nitriles is 1. The van der Waals surface area contributed by atoms with E-state index in [4.69, 9.17) is 0 Å². The van der Waals surface area contributed by atoms with Crippen LogP contribution in [-0.4, -0.2) is 4.92 Å². The van der Waals surface area contributed by atoms with Crippen LogP contribution >= 0.6 is 11.8 Å². The highest BCUT2D eigenvalue weighted by Gasteiger charge is 2.18. The molecule has 0 atom stereocenters. The zero-order valence-corrected chi connectivity index (χ0v) is 13.5. The lowest BCUT2D eigenvalue weighted by molar-refractivity contribution is -0.385. The monoisotopic (exact) mass is 312 g/mol. The Morgan fingerprint density at radius 1 is 1.14 bits per heavy atom. The third kappa shape index (κ3) is 3.46. The molecule has 0 radical (unpaired) electrons. The first-order chi connectivity index (χ1) is 10.3. The molecule has 0 saturated carbocycles. The van der Waals surface area contributed by atoms with Crippen molar-refractivity contribution in [3.63, 3.8) is 0 Å². The first-order valence-electron chi connectivity index (χ1n) is 6.79. The summed E-state index contributed by atoms with van der Waals surface area (Å²) in [6.07, 6.45) is 0. The summed E-state index contributed by atoms with van der Waals surface area (Å²) in [6.45, 7) is 6.43. The highest BCUT2D eigenvalue weighted by molar-refractivity contribution is 7.99. The number of nitro groups is 1. The first kappa shape index (κ1) is 16.1. The SMILES string of the molecule is CC(C)(C)c1ccc(Sc2cccc([N+](=O)[O-])c2C#N)cc1. The molecule has 0 aliphatic heterocycles. The standard InChI is InChI=1S/C17H16N2O2S/c1-17(2,3)12-7-9-13(10-8-12)22-16-6-4-5-15(19(20)21)14(16)11-18/h4-10H,1-3H3. The topological polar surface area (TPSA) is 66.9 Å². The molecule has 0 aliphatic carbocycles. The van der Waals surface area contributed by atoms with Gasteiger partial charge in [0.05, 0.1) is 4.92 Å². The van der Waals surface area contributed by atoms with E-state index in [0.717, 1.165) is 4.90 Å². The molecule has 0 amide bonds. The molecule has 5 heteroatoms. The minimum atomic E-state index is -0.523. The van der Waals surface area contributed by atoms with Crippen LogP contribution in [0.4, 0.5) is 5.69 Å². The Balaban J connectivity index is 2.34. The van der Waals surface area contributed by atoms with Crippen molar-refractivity contribution >= 4 is 17.4 Å². The Kier molecular flexibility index (Phi) is 4.53. The van der Waals surface area contributed by atoms with Gasteiger partial charge in [-0.1, -0.05) is 50.7 Å². The van der Waals surface area contributed by atoms with Gasteiger partial charge < -0.3 is 0 Å². The summed E-state index contributed by atoms with van der Waals surface area (Å²) in [6, 6.07) is 14.7. The number of benzene rings is 2. The van der Waals surface area contributed by atoms with E-state index < -0.39 is 4.92 Å². The molecule has 0 bridgehead atoms. The summed E-state index contributed by atoms with van der Waals surface area (Å²) in [7, 11) is 0. The number of nitrogens with zero attached hydrogens (tertiary/aromatic N) is 2. The van der Waals surface area contributed by atoms with E-state index in [2.05, 4.69) is 20.8 Å². The van der Waals surface area contributed by atoms with Gasteiger partial charge in [0.25, 0.3) is 5.69 Å². The van der Waals surface area contributed by atoms with Gasteiger partial charge in [-0.2, -0.15) is 5.26 Å². The predicted molar refractivity (Wildman–Crippen MR) is 87.1 cm³/mol. The maximum atomic E-state index is 11.0. The molecule has 0 N–H and O–H groups in total. The first-order valence-corrected chi connectivity index (χ1v) is 7.60. The van der Waals surface area contributed by atoms with Crippen LogP contribution in [0.1, 0.15) is 31.9 Å². The smallest absolute Gasteiger partial charge is 0.258 e. The lowest BCUT2D eigenvalue weighted by Gasteiger charge is -2.19. The zero-order chi connectivity index (χ0) is 16.3. The van der Waals surface area contributed by atoms with Gasteiger partial charge in [0.1, 0.15) is 11.6 Å². The lowest BCUT2D eigenvalue weighted by Crippen LogP contribution is -2.10. The van der Waals surface area contributed by atoms with Crippen molar-refractivity contribution in [3.05, 3.63) is 63.7 Å². The lowest BCUT2D eigenvalue weighted by atomic mass is 9.87. The molecule has 0 unspecified atom stereocenters. The second kappa shape index (κ2) is 6.20. The number of nitro benzene ring substituents is 1. The highest BCUT2D eigenvalue weighted by atomic mass is 32.2. The van der Waals surface area contributed by atoms with Crippen molar-refractivity contribution in [2.24, 2.45) is 0 Å². The molecule has 0 aromatic heterocycles. The van der Waals surface area contributed by atoms with Crippen LogP contribution in [0.15, 0.2) is 52.3 Å². The van der Waals surface area contributed by atoms with Gasteiger partial charge in [-0.15, -0.1) is 0 Å². The maximum Gasteiger partial charge on any atom is 0.288 e. The Labute approximate surface area is 133 Å². The van der Waals surface area contributed by atoms with E-state index in [9.17, 15) is 15.4 Å². The molecule has 2 rings (SSSR count). The van der Waals surface area contributed by atoms with E-state index in [1.165, 1.54) is 23.4 Å². The molecule has 0 spiro atoms. The van der Waals surface area contributed by atoms with Gasteiger partial charge in [-0.05, 0) is 29.2 Å². The quantitative estimate of drug-likeness (QED) is 0.596. The molecular weight excluding hydrogens is 296 g/mol. The summed E-state index contributed by atoms with van der Waals surface area (Å²) >= 11 is 1.36. The summed E-state index contributed by atoms with van der Waals surface area (Å²) < 4.78 is 0. The van der Waals surface area contributed by atoms with E-state index in [1.54, 1.807) is 12.1 Å². The van der Waals surface area contributed by atoms with Gasteiger partial charge in [0.15, 0.2) is 0 Å². The van der Waals surface area contributed by atoms with Crippen LogP contribution in [0.3, 0.4) is 0 Å². The van der Waals surface area contributed by atoms with Gasteiger partial charge in [-0.3, -0.25) is 10.1 Å². The summed E-state index contributed by atoms with van der Waals surface area (Å²) in [4.78, 5) is 12.0. The van der Waals surface area contributed by atoms with Crippen molar-refractivity contribution in [3.8, 4) is 6.07 Å². The molecule has 0 saturated heterocycles. The summed E-state index contributed by atoms with van der Waals surface area (Å²) in [5.74, 6) is 0. The molecule has 112 valence electrons. The van der Waals surface area contributed by atoms with Gasteiger partial charge in [0, 0.05) is 15.9 Å². The van der Waals surface area contributed by atoms with E-state index in [1.807, 2.05) is 30.3 Å². The second-order valence-electron chi connectivity index (χ2n) is 5.90. The van der Waals surface area contributed by atoms with Crippen LogP contribution in [0, 0.1) is 21.4 Å². The third-order valence-corrected chi connectivity index (χ3v) is 4.33. The fourth-order valence-electron chi connectivity index (χ4n) is 2.02. The molecule has 0 aliphatic rings.